The van der Waals surface area contributed by atoms with Crippen molar-refractivity contribution in [2.24, 2.45) is 0 Å². The molecule has 0 atom stereocenters. The first-order valence-electron chi connectivity index (χ1n) is 6.97. The number of fused-ring (bicyclic) bond motifs is 1. The van der Waals surface area contributed by atoms with Crippen molar-refractivity contribution >= 4 is 38.9 Å². The maximum absolute atomic E-state index is 12.1. The summed E-state index contributed by atoms with van der Waals surface area (Å²) in [4.78, 5) is 12.1. The number of amides is 1. The Morgan fingerprint density at radius 1 is 1.36 bits per heavy atom. The zero-order chi connectivity index (χ0) is 15.7. The van der Waals surface area contributed by atoms with Gasteiger partial charge in [0, 0.05) is 11.2 Å². The van der Waals surface area contributed by atoms with Gasteiger partial charge in [0.25, 0.3) is 0 Å². The van der Waals surface area contributed by atoms with Crippen molar-refractivity contribution in [2.75, 3.05) is 0 Å². The topological polar surface area (TPSA) is 46.9 Å². The molecule has 3 rings (SSSR count). The average Bonchev–Trinajstić information content (AvgIpc) is 3.03. The predicted molar refractivity (Wildman–Crippen MR) is 90.4 cm³/mol. The number of hydrogen-bond donors (Lipinski definition) is 1. The van der Waals surface area contributed by atoms with Crippen molar-refractivity contribution in [1.82, 2.24) is 15.1 Å². The van der Waals surface area contributed by atoms with Crippen molar-refractivity contribution in [2.45, 2.75) is 26.9 Å². The zero-order valence-corrected chi connectivity index (χ0v) is 14.0. The third kappa shape index (κ3) is 2.87. The standard InChI is InChI=1S/C16H16ClN3OS/c1-10-16(17)11(2)20(19-10)8-15(21)18-7-12-9-22-14-6-4-3-5-13(12)14/h3-6,9H,7-8H2,1-2H3,(H,18,21). The van der Waals surface area contributed by atoms with Gasteiger partial charge in [-0.15, -0.1) is 11.3 Å². The van der Waals surface area contributed by atoms with Crippen LogP contribution in [-0.4, -0.2) is 15.7 Å². The van der Waals surface area contributed by atoms with Gasteiger partial charge in [-0.2, -0.15) is 5.10 Å². The Bertz CT molecular complexity index is 837. The van der Waals surface area contributed by atoms with Crippen LogP contribution < -0.4 is 5.32 Å². The number of halogens is 1. The van der Waals surface area contributed by atoms with E-state index in [4.69, 9.17) is 11.6 Å². The Morgan fingerprint density at radius 3 is 2.86 bits per heavy atom. The Balaban J connectivity index is 1.66. The van der Waals surface area contributed by atoms with Gasteiger partial charge in [-0.3, -0.25) is 9.48 Å². The van der Waals surface area contributed by atoms with E-state index in [-0.39, 0.29) is 12.5 Å². The van der Waals surface area contributed by atoms with Gasteiger partial charge in [0.15, 0.2) is 0 Å². The molecule has 1 amide bonds. The Hall–Kier alpha value is -1.85. The highest BCUT2D eigenvalue weighted by Gasteiger charge is 2.12. The Labute approximate surface area is 137 Å². The molecule has 6 heteroatoms. The minimum Gasteiger partial charge on any atom is -0.350 e. The minimum absolute atomic E-state index is 0.0717. The van der Waals surface area contributed by atoms with E-state index in [1.165, 1.54) is 10.1 Å². The van der Waals surface area contributed by atoms with Gasteiger partial charge in [-0.25, -0.2) is 0 Å². The van der Waals surface area contributed by atoms with Crippen molar-refractivity contribution in [1.29, 1.82) is 0 Å². The van der Waals surface area contributed by atoms with Crippen molar-refractivity contribution < 1.29 is 4.79 Å². The van der Waals surface area contributed by atoms with E-state index in [9.17, 15) is 4.79 Å². The molecule has 22 heavy (non-hydrogen) atoms. The van der Waals surface area contributed by atoms with Crippen LogP contribution in [0.5, 0.6) is 0 Å². The molecular formula is C16H16ClN3OS. The maximum Gasteiger partial charge on any atom is 0.242 e. The number of carbonyl (C=O) groups is 1. The highest BCUT2D eigenvalue weighted by Crippen LogP contribution is 2.25. The van der Waals surface area contributed by atoms with Gasteiger partial charge >= 0.3 is 0 Å². The quantitative estimate of drug-likeness (QED) is 0.791. The molecule has 2 heterocycles. The lowest BCUT2D eigenvalue weighted by Gasteiger charge is -2.06. The van der Waals surface area contributed by atoms with E-state index in [0.29, 0.717) is 11.6 Å². The van der Waals surface area contributed by atoms with Crippen LogP contribution in [0.25, 0.3) is 10.1 Å². The molecule has 0 saturated heterocycles. The number of carbonyl (C=O) groups excluding carboxylic acids is 1. The fourth-order valence-corrected chi connectivity index (χ4v) is 3.48. The van der Waals surface area contributed by atoms with Gasteiger partial charge in [-0.1, -0.05) is 29.8 Å². The summed E-state index contributed by atoms with van der Waals surface area (Å²) in [6.07, 6.45) is 0. The third-order valence-electron chi connectivity index (χ3n) is 3.62. The third-order valence-corrected chi connectivity index (χ3v) is 5.18. The number of aromatic nitrogens is 2. The summed E-state index contributed by atoms with van der Waals surface area (Å²) in [7, 11) is 0. The smallest absolute Gasteiger partial charge is 0.242 e. The molecule has 2 aromatic heterocycles. The molecule has 0 aliphatic carbocycles. The first kappa shape index (κ1) is 15.1. The van der Waals surface area contributed by atoms with Crippen molar-refractivity contribution in [3.63, 3.8) is 0 Å². The van der Waals surface area contributed by atoms with Crippen LogP contribution in [0.3, 0.4) is 0 Å². The number of benzene rings is 1. The zero-order valence-electron chi connectivity index (χ0n) is 12.4. The van der Waals surface area contributed by atoms with Crippen molar-refractivity contribution in [3.05, 3.63) is 51.6 Å². The molecule has 1 N–H and O–H groups in total. The molecule has 0 aliphatic heterocycles. The Kier molecular flexibility index (Phi) is 4.18. The maximum atomic E-state index is 12.1. The number of nitrogens with one attached hydrogen (secondary N) is 1. The first-order valence-corrected chi connectivity index (χ1v) is 8.23. The van der Waals surface area contributed by atoms with Gasteiger partial charge in [-0.05, 0) is 36.2 Å². The van der Waals surface area contributed by atoms with E-state index in [1.807, 2.05) is 26.0 Å². The average molecular weight is 334 g/mol. The van der Waals surface area contributed by atoms with Crippen LogP contribution in [0.1, 0.15) is 17.0 Å². The fourth-order valence-electron chi connectivity index (χ4n) is 2.38. The van der Waals surface area contributed by atoms with Gasteiger partial charge < -0.3 is 5.32 Å². The van der Waals surface area contributed by atoms with E-state index in [2.05, 4.69) is 27.9 Å². The minimum atomic E-state index is -0.0717. The number of hydrogen-bond acceptors (Lipinski definition) is 3. The van der Waals surface area contributed by atoms with E-state index in [0.717, 1.165) is 17.0 Å². The van der Waals surface area contributed by atoms with E-state index in [1.54, 1.807) is 16.0 Å². The molecule has 0 radical (unpaired) electrons. The van der Waals surface area contributed by atoms with Crippen LogP contribution in [0.15, 0.2) is 29.6 Å². The molecule has 0 fully saturated rings. The van der Waals surface area contributed by atoms with E-state index < -0.39 is 0 Å². The predicted octanol–water partition coefficient (Wildman–Crippen LogP) is 3.68. The van der Waals surface area contributed by atoms with E-state index >= 15 is 0 Å². The second-order valence-corrected chi connectivity index (χ2v) is 6.47. The van der Waals surface area contributed by atoms with Crippen LogP contribution in [-0.2, 0) is 17.9 Å². The number of thiophene rings is 1. The molecule has 0 aliphatic rings. The highest BCUT2D eigenvalue weighted by atomic mass is 35.5. The normalized spacial score (nSPS) is 11.0. The molecule has 1 aromatic carbocycles. The summed E-state index contributed by atoms with van der Waals surface area (Å²) in [5, 5.41) is 11.1. The summed E-state index contributed by atoms with van der Waals surface area (Å²) >= 11 is 7.78. The molecule has 0 bridgehead atoms. The lowest BCUT2D eigenvalue weighted by molar-refractivity contribution is -0.122. The first-order chi connectivity index (χ1) is 10.6. The molecule has 0 saturated carbocycles. The molecule has 4 nitrogen and oxygen atoms in total. The van der Waals surface area contributed by atoms with Crippen molar-refractivity contribution in [3.8, 4) is 0 Å². The number of rotatable bonds is 4. The summed E-state index contributed by atoms with van der Waals surface area (Å²) < 4.78 is 2.87. The van der Waals surface area contributed by atoms with Crippen LogP contribution in [0, 0.1) is 13.8 Å². The lowest BCUT2D eigenvalue weighted by Crippen LogP contribution is -2.27. The monoisotopic (exact) mass is 333 g/mol. The second-order valence-electron chi connectivity index (χ2n) is 5.18. The van der Waals surface area contributed by atoms with Crippen LogP contribution in [0.2, 0.25) is 5.02 Å². The largest absolute Gasteiger partial charge is 0.350 e. The second kappa shape index (κ2) is 6.10. The molecule has 114 valence electrons. The fraction of sp³-hybridized carbons (Fsp3) is 0.250. The van der Waals surface area contributed by atoms with Gasteiger partial charge in [0.1, 0.15) is 6.54 Å². The SMILES string of the molecule is Cc1nn(CC(=O)NCc2csc3ccccc23)c(C)c1Cl. The summed E-state index contributed by atoms with van der Waals surface area (Å²) in [6, 6.07) is 8.20. The molecule has 0 unspecified atom stereocenters. The van der Waals surface area contributed by atoms with Gasteiger partial charge in [0.2, 0.25) is 5.91 Å². The summed E-state index contributed by atoms with van der Waals surface area (Å²) in [5.41, 5.74) is 2.70. The summed E-state index contributed by atoms with van der Waals surface area (Å²) in [5.74, 6) is -0.0717. The Morgan fingerprint density at radius 2 is 2.14 bits per heavy atom. The molecular weight excluding hydrogens is 318 g/mol. The number of nitrogens with zero attached hydrogens (tertiary/aromatic N) is 2. The molecule has 0 spiro atoms. The van der Waals surface area contributed by atoms with Crippen LogP contribution >= 0.6 is 22.9 Å². The van der Waals surface area contributed by atoms with Gasteiger partial charge in [0.05, 0.1) is 16.4 Å². The highest BCUT2D eigenvalue weighted by molar-refractivity contribution is 7.17. The summed E-state index contributed by atoms with van der Waals surface area (Å²) in [6.45, 7) is 4.40. The lowest BCUT2D eigenvalue weighted by atomic mass is 10.2. The van der Waals surface area contributed by atoms with Crippen LogP contribution in [0.4, 0.5) is 0 Å². The number of aryl methyl sites for hydroxylation is 1. The molecule has 3 aromatic rings.